The minimum absolute atomic E-state index is 0.0281. The average molecular weight is 338 g/mol. The molecule has 0 spiro atoms. The minimum Gasteiger partial charge on any atom is -0.361 e. The molecule has 24 heavy (non-hydrogen) atoms. The van der Waals surface area contributed by atoms with Crippen molar-refractivity contribution in [3.63, 3.8) is 0 Å². The highest BCUT2D eigenvalue weighted by Gasteiger charge is 2.20. The molecule has 0 radical (unpaired) electrons. The summed E-state index contributed by atoms with van der Waals surface area (Å²) in [4.78, 5) is 21.6. The number of nitrogens with one attached hydrogen (secondary N) is 1. The smallest absolute Gasteiger partial charge is 0.255 e. The van der Waals surface area contributed by atoms with E-state index in [1.807, 2.05) is 29.3 Å². The van der Waals surface area contributed by atoms with E-state index in [9.17, 15) is 4.79 Å². The first-order chi connectivity index (χ1) is 11.7. The summed E-state index contributed by atoms with van der Waals surface area (Å²) >= 11 is 6.13. The van der Waals surface area contributed by atoms with E-state index in [4.69, 9.17) is 11.6 Å². The Balaban J connectivity index is 1.58. The van der Waals surface area contributed by atoms with Crippen molar-refractivity contribution in [2.75, 3.05) is 13.1 Å². The fourth-order valence-electron chi connectivity index (χ4n) is 3.13. The molecule has 4 rings (SSSR count). The fraction of sp³-hybridized carbons (Fsp3) is 0.158. The molecule has 1 amide bonds. The number of aromatic amines is 1. The van der Waals surface area contributed by atoms with Crippen LogP contribution in [0.25, 0.3) is 16.5 Å². The fourth-order valence-corrected chi connectivity index (χ4v) is 3.30. The van der Waals surface area contributed by atoms with Gasteiger partial charge in [0.2, 0.25) is 0 Å². The first-order valence-corrected chi connectivity index (χ1v) is 8.25. The maximum atomic E-state index is 12.5. The lowest BCUT2D eigenvalue weighted by Crippen LogP contribution is -2.34. The number of halogens is 1. The van der Waals surface area contributed by atoms with Gasteiger partial charge in [0, 0.05) is 53.2 Å². The Morgan fingerprint density at radius 2 is 2.21 bits per heavy atom. The number of nitrogens with zero attached hydrogens (tertiary/aromatic N) is 2. The Morgan fingerprint density at radius 3 is 2.96 bits per heavy atom. The third-order valence-electron chi connectivity index (χ3n) is 4.39. The van der Waals surface area contributed by atoms with Gasteiger partial charge < -0.3 is 9.88 Å². The van der Waals surface area contributed by atoms with Gasteiger partial charge in [0.05, 0.1) is 5.56 Å². The van der Waals surface area contributed by atoms with Crippen molar-refractivity contribution in [1.82, 2.24) is 14.9 Å². The molecule has 2 aromatic heterocycles. The highest BCUT2D eigenvalue weighted by molar-refractivity contribution is 6.31. The minimum atomic E-state index is 0.0281. The second kappa shape index (κ2) is 6.13. The zero-order valence-corrected chi connectivity index (χ0v) is 13.8. The molecule has 3 heterocycles. The van der Waals surface area contributed by atoms with Crippen LogP contribution in [0.3, 0.4) is 0 Å². The Labute approximate surface area is 144 Å². The monoisotopic (exact) mass is 337 g/mol. The average Bonchev–Trinajstić information content (AvgIpc) is 3.05. The lowest BCUT2D eigenvalue weighted by Gasteiger charge is -2.26. The summed E-state index contributed by atoms with van der Waals surface area (Å²) in [6.45, 7) is 1.31. The normalized spacial score (nSPS) is 14.7. The SMILES string of the molecule is O=C(c1cccnc1)N1CC=C(c2c[nH]c3ccc(Cl)cc23)CC1. The second-order valence-corrected chi connectivity index (χ2v) is 6.30. The number of aromatic nitrogens is 2. The van der Waals surface area contributed by atoms with Crippen molar-refractivity contribution in [3.05, 3.63) is 71.1 Å². The van der Waals surface area contributed by atoms with Gasteiger partial charge in [0.15, 0.2) is 0 Å². The molecule has 5 heteroatoms. The zero-order chi connectivity index (χ0) is 16.5. The van der Waals surface area contributed by atoms with Crippen LogP contribution in [0.1, 0.15) is 22.3 Å². The van der Waals surface area contributed by atoms with Crippen LogP contribution >= 0.6 is 11.6 Å². The molecule has 120 valence electrons. The Hall–Kier alpha value is -2.59. The standard InChI is InChI=1S/C19H16ClN3O/c20-15-3-4-18-16(10-15)17(12-22-18)13-5-8-23(9-6-13)19(24)14-2-1-7-21-11-14/h1-5,7,10-12,22H,6,8-9H2. The number of hydrogen-bond donors (Lipinski definition) is 1. The number of amides is 1. The van der Waals surface area contributed by atoms with E-state index in [1.165, 1.54) is 11.1 Å². The number of hydrogen-bond acceptors (Lipinski definition) is 2. The number of carbonyl (C=O) groups excluding carboxylic acids is 1. The highest BCUT2D eigenvalue weighted by atomic mass is 35.5. The summed E-state index contributed by atoms with van der Waals surface area (Å²) in [6, 6.07) is 9.44. The number of fused-ring (bicyclic) bond motifs is 1. The van der Waals surface area contributed by atoms with Crippen LogP contribution in [0.15, 0.2) is 55.0 Å². The molecule has 1 aromatic carbocycles. The van der Waals surface area contributed by atoms with Crippen molar-refractivity contribution in [3.8, 4) is 0 Å². The predicted octanol–water partition coefficient (Wildman–Crippen LogP) is 4.15. The van der Waals surface area contributed by atoms with Gasteiger partial charge in [-0.05, 0) is 42.3 Å². The summed E-state index contributed by atoms with van der Waals surface area (Å²) in [7, 11) is 0. The molecule has 4 nitrogen and oxygen atoms in total. The van der Waals surface area contributed by atoms with Gasteiger partial charge >= 0.3 is 0 Å². The molecule has 1 N–H and O–H groups in total. The van der Waals surface area contributed by atoms with E-state index in [2.05, 4.69) is 16.0 Å². The number of benzene rings is 1. The third kappa shape index (κ3) is 2.69. The van der Waals surface area contributed by atoms with Gasteiger partial charge in [0.1, 0.15) is 0 Å². The summed E-state index contributed by atoms with van der Waals surface area (Å²) in [5.74, 6) is 0.0281. The molecule has 0 aliphatic carbocycles. The maximum Gasteiger partial charge on any atom is 0.255 e. The van der Waals surface area contributed by atoms with E-state index >= 15 is 0 Å². The number of pyridine rings is 1. The maximum absolute atomic E-state index is 12.5. The van der Waals surface area contributed by atoms with E-state index in [0.29, 0.717) is 18.7 Å². The van der Waals surface area contributed by atoms with Crippen molar-refractivity contribution in [2.24, 2.45) is 0 Å². The quantitative estimate of drug-likeness (QED) is 0.763. The van der Waals surface area contributed by atoms with Crippen LogP contribution in [-0.2, 0) is 0 Å². The van der Waals surface area contributed by atoms with Gasteiger partial charge in [-0.3, -0.25) is 9.78 Å². The van der Waals surface area contributed by atoms with Crippen LogP contribution in [0.4, 0.5) is 0 Å². The van der Waals surface area contributed by atoms with Gasteiger partial charge in [-0.15, -0.1) is 0 Å². The van der Waals surface area contributed by atoms with E-state index in [1.54, 1.807) is 24.5 Å². The van der Waals surface area contributed by atoms with Gasteiger partial charge in [-0.2, -0.15) is 0 Å². The molecule has 0 bridgehead atoms. The third-order valence-corrected chi connectivity index (χ3v) is 4.63. The summed E-state index contributed by atoms with van der Waals surface area (Å²) in [5.41, 5.74) is 4.12. The molecule has 0 fully saturated rings. The van der Waals surface area contributed by atoms with Crippen molar-refractivity contribution >= 4 is 34.0 Å². The van der Waals surface area contributed by atoms with Crippen molar-refractivity contribution < 1.29 is 4.79 Å². The Morgan fingerprint density at radius 1 is 1.29 bits per heavy atom. The first-order valence-electron chi connectivity index (χ1n) is 7.88. The van der Waals surface area contributed by atoms with Gasteiger partial charge in [0.25, 0.3) is 5.91 Å². The molecule has 1 aliphatic heterocycles. The summed E-state index contributed by atoms with van der Waals surface area (Å²) < 4.78 is 0. The van der Waals surface area contributed by atoms with Crippen LogP contribution in [0.2, 0.25) is 5.02 Å². The lowest BCUT2D eigenvalue weighted by atomic mass is 9.98. The molecule has 3 aromatic rings. The largest absolute Gasteiger partial charge is 0.361 e. The van der Waals surface area contributed by atoms with Crippen LogP contribution in [0.5, 0.6) is 0 Å². The van der Waals surface area contributed by atoms with Crippen molar-refractivity contribution in [2.45, 2.75) is 6.42 Å². The molecule has 0 atom stereocenters. The number of H-pyrrole nitrogens is 1. The number of carbonyl (C=O) groups is 1. The molecule has 1 aliphatic rings. The molecule has 0 saturated heterocycles. The lowest BCUT2D eigenvalue weighted by molar-refractivity contribution is 0.0772. The van der Waals surface area contributed by atoms with Crippen molar-refractivity contribution in [1.29, 1.82) is 0 Å². The van der Waals surface area contributed by atoms with Crippen LogP contribution in [0, 0.1) is 0 Å². The summed E-state index contributed by atoms with van der Waals surface area (Å²) in [6.07, 6.45) is 8.26. The van der Waals surface area contributed by atoms with Gasteiger partial charge in [-0.25, -0.2) is 0 Å². The number of rotatable bonds is 2. The summed E-state index contributed by atoms with van der Waals surface area (Å²) in [5, 5.41) is 1.86. The van der Waals surface area contributed by atoms with E-state index in [-0.39, 0.29) is 5.91 Å². The molecule has 0 unspecified atom stereocenters. The molecular formula is C19H16ClN3O. The van der Waals surface area contributed by atoms with Crippen LogP contribution in [-0.4, -0.2) is 33.9 Å². The second-order valence-electron chi connectivity index (χ2n) is 5.86. The molecular weight excluding hydrogens is 322 g/mol. The Kier molecular flexibility index (Phi) is 3.82. The molecule has 0 saturated carbocycles. The zero-order valence-electron chi connectivity index (χ0n) is 13.0. The van der Waals surface area contributed by atoms with Crippen LogP contribution < -0.4 is 0 Å². The van der Waals surface area contributed by atoms with E-state index in [0.717, 1.165) is 22.3 Å². The first kappa shape index (κ1) is 15.0. The van der Waals surface area contributed by atoms with E-state index < -0.39 is 0 Å². The topological polar surface area (TPSA) is 49.0 Å². The Bertz CT molecular complexity index is 930. The highest BCUT2D eigenvalue weighted by Crippen LogP contribution is 2.31. The predicted molar refractivity (Wildman–Crippen MR) is 96.0 cm³/mol. The van der Waals surface area contributed by atoms with Gasteiger partial charge in [-0.1, -0.05) is 17.7 Å².